The van der Waals surface area contributed by atoms with E-state index < -0.39 is 0 Å². The summed E-state index contributed by atoms with van der Waals surface area (Å²) >= 11 is 0. The maximum absolute atomic E-state index is 5.79. The third kappa shape index (κ3) is 3.84. The number of aromatic nitrogens is 3. The number of ether oxygens (including phenoxy) is 1. The van der Waals surface area contributed by atoms with Crippen LogP contribution in [0.5, 0.6) is 5.75 Å². The second-order valence-corrected chi connectivity index (χ2v) is 4.81. The van der Waals surface area contributed by atoms with E-state index in [1.54, 1.807) is 6.20 Å². The molecule has 0 saturated heterocycles. The second kappa shape index (κ2) is 6.92. The van der Waals surface area contributed by atoms with Gasteiger partial charge in [-0.15, -0.1) is 0 Å². The minimum atomic E-state index is 0.221. The molecular formula is C14H21N5O2. The average Bonchev–Trinajstić information content (AvgIpc) is 2.78. The predicted octanol–water partition coefficient (Wildman–Crippen LogP) is 2.45. The first-order chi connectivity index (χ1) is 10.1. The quantitative estimate of drug-likeness (QED) is 0.756. The van der Waals surface area contributed by atoms with E-state index in [-0.39, 0.29) is 5.95 Å². The lowest BCUT2D eigenvalue weighted by molar-refractivity contribution is 0.301. The lowest BCUT2D eigenvalue weighted by atomic mass is 10.2. The van der Waals surface area contributed by atoms with E-state index in [0.717, 1.165) is 36.4 Å². The lowest BCUT2D eigenvalue weighted by Crippen LogP contribution is -2.09. The van der Waals surface area contributed by atoms with Gasteiger partial charge in [0, 0.05) is 6.54 Å². The highest BCUT2D eigenvalue weighted by molar-refractivity contribution is 5.51. The highest BCUT2D eigenvalue weighted by atomic mass is 16.5. The van der Waals surface area contributed by atoms with Gasteiger partial charge in [0.05, 0.1) is 17.5 Å². The Labute approximate surface area is 123 Å². The van der Waals surface area contributed by atoms with Crippen molar-refractivity contribution in [2.45, 2.75) is 40.2 Å². The number of nitrogens with one attached hydrogen (secondary N) is 1. The van der Waals surface area contributed by atoms with Crippen LogP contribution in [0.4, 0.5) is 11.8 Å². The predicted molar refractivity (Wildman–Crippen MR) is 80.2 cm³/mol. The molecule has 0 amide bonds. The molecule has 0 bridgehead atoms. The lowest BCUT2D eigenvalue weighted by Gasteiger charge is -2.12. The fourth-order valence-corrected chi connectivity index (χ4v) is 1.86. The van der Waals surface area contributed by atoms with Crippen LogP contribution in [0.25, 0.3) is 0 Å². The van der Waals surface area contributed by atoms with Gasteiger partial charge >= 0.3 is 0 Å². The molecule has 0 fully saturated rings. The Balaban J connectivity index is 2.08. The highest BCUT2D eigenvalue weighted by Crippen LogP contribution is 2.24. The summed E-state index contributed by atoms with van der Waals surface area (Å²) in [6, 6.07) is 0. The van der Waals surface area contributed by atoms with Crippen LogP contribution in [0.3, 0.4) is 0 Å². The van der Waals surface area contributed by atoms with Gasteiger partial charge in [-0.05, 0) is 20.3 Å². The molecule has 2 aromatic heterocycles. The van der Waals surface area contributed by atoms with Crippen LogP contribution in [-0.2, 0) is 6.61 Å². The van der Waals surface area contributed by atoms with Crippen molar-refractivity contribution in [1.82, 2.24) is 15.1 Å². The molecule has 0 aliphatic heterocycles. The van der Waals surface area contributed by atoms with Crippen LogP contribution in [0.15, 0.2) is 10.7 Å². The summed E-state index contributed by atoms with van der Waals surface area (Å²) in [5, 5.41) is 7.12. The fraction of sp³-hybridized carbons (Fsp3) is 0.500. The standard InChI is InChI=1S/C14H21N5O2/c1-4-5-6-16-13-12(7-17-14(15)18-13)20-8-11-9(2)19-21-10(11)3/h7H,4-6,8H2,1-3H3,(H3,15,16,17,18). The molecule has 2 aromatic rings. The van der Waals surface area contributed by atoms with E-state index in [9.17, 15) is 0 Å². The first-order valence-electron chi connectivity index (χ1n) is 7.02. The molecule has 0 radical (unpaired) electrons. The Kier molecular flexibility index (Phi) is 4.97. The van der Waals surface area contributed by atoms with Crippen molar-refractivity contribution < 1.29 is 9.26 Å². The van der Waals surface area contributed by atoms with Crippen LogP contribution in [0, 0.1) is 13.8 Å². The van der Waals surface area contributed by atoms with Crippen LogP contribution in [0.1, 0.15) is 36.8 Å². The zero-order valence-electron chi connectivity index (χ0n) is 12.6. The second-order valence-electron chi connectivity index (χ2n) is 4.81. The number of hydrogen-bond donors (Lipinski definition) is 2. The fourth-order valence-electron chi connectivity index (χ4n) is 1.86. The molecule has 0 aliphatic carbocycles. The van der Waals surface area contributed by atoms with E-state index in [0.29, 0.717) is 18.2 Å². The van der Waals surface area contributed by atoms with Crippen LogP contribution < -0.4 is 15.8 Å². The average molecular weight is 291 g/mol. The summed E-state index contributed by atoms with van der Waals surface area (Å²) in [4.78, 5) is 8.16. The number of nitrogen functional groups attached to an aromatic ring is 1. The Hall–Kier alpha value is -2.31. The molecule has 2 heterocycles. The van der Waals surface area contributed by atoms with E-state index in [1.807, 2.05) is 13.8 Å². The van der Waals surface area contributed by atoms with E-state index in [2.05, 4.69) is 27.4 Å². The normalized spacial score (nSPS) is 10.6. The number of aryl methyl sites for hydroxylation is 2. The van der Waals surface area contributed by atoms with E-state index in [4.69, 9.17) is 15.0 Å². The third-order valence-corrected chi connectivity index (χ3v) is 3.15. The molecule has 0 aromatic carbocycles. The monoisotopic (exact) mass is 291 g/mol. The van der Waals surface area contributed by atoms with Gasteiger partial charge in [-0.2, -0.15) is 4.98 Å². The number of nitrogens with two attached hydrogens (primary N) is 1. The first-order valence-corrected chi connectivity index (χ1v) is 7.02. The molecule has 0 saturated carbocycles. The molecular weight excluding hydrogens is 270 g/mol. The molecule has 21 heavy (non-hydrogen) atoms. The zero-order chi connectivity index (χ0) is 15.2. The molecule has 7 nitrogen and oxygen atoms in total. The molecule has 2 rings (SSSR count). The van der Waals surface area contributed by atoms with Crippen molar-refractivity contribution in [1.29, 1.82) is 0 Å². The van der Waals surface area contributed by atoms with E-state index >= 15 is 0 Å². The number of unbranched alkanes of at least 4 members (excludes halogenated alkanes) is 1. The van der Waals surface area contributed by atoms with Crippen molar-refractivity contribution >= 4 is 11.8 Å². The van der Waals surface area contributed by atoms with E-state index in [1.165, 1.54) is 0 Å². The number of anilines is 2. The Morgan fingerprint density at radius 2 is 2.19 bits per heavy atom. The van der Waals surface area contributed by atoms with Crippen LogP contribution in [-0.4, -0.2) is 21.7 Å². The summed E-state index contributed by atoms with van der Waals surface area (Å²) in [5.74, 6) is 2.16. The topological polar surface area (TPSA) is 99.1 Å². The number of rotatable bonds is 7. The van der Waals surface area contributed by atoms with Crippen LogP contribution >= 0.6 is 0 Å². The van der Waals surface area contributed by atoms with Gasteiger partial charge in [-0.25, -0.2) is 4.98 Å². The van der Waals surface area contributed by atoms with Gasteiger partial charge in [0.2, 0.25) is 5.95 Å². The molecule has 0 aliphatic rings. The minimum Gasteiger partial charge on any atom is -0.483 e. The Morgan fingerprint density at radius 3 is 2.86 bits per heavy atom. The van der Waals surface area contributed by atoms with Gasteiger partial charge in [-0.3, -0.25) is 0 Å². The van der Waals surface area contributed by atoms with Gasteiger partial charge in [-0.1, -0.05) is 18.5 Å². The van der Waals surface area contributed by atoms with Crippen molar-refractivity contribution in [3.8, 4) is 5.75 Å². The van der Waals surface area contributed by atoms with Crippen molar-refractivity contribution in [3.63, 3.8) is 0 Å². The summed E-state index contributed by atoms with van der Waals surface area (Å²) in [7, 11) is 0. The smallest absolute Gasteiger partial charge is 0.222 e. The maximum atomic E-state index is 5.79. The SMILES string of the molecule is CCCCNc1nc(N)ncc1OCc1c(C)noc1C. The van der Waals surface area contributed by atoms with Crippen molar-refractivity contribution in [2.75, 3.05) is 17.6 Å². The van der Waals surface area contributed by atoms with Gasteiger partial charge in [0.1, 0.15) is 12.4 Å². The molecule has 3 N–H and O–H groups in total. The maximum Gasteiger partial charge on any atom is 0.222 e. The molecule has 7 heteroatoms. The van der Waals surface area contributed by atoms with Gasteiger partial charge in [0.25, 0.3) is 0 Å². The first kappa shape index (κ1) is 15.1. The molecule has 114 valence electrons. The number of hydrogen-bond acceptors (Lipinski definition) is 7. The summed E-state index contributed by atoms with van der Waals surface area (Å²) in [6.45, 7) is 7.05. The summed E-state index contributed by atoms with van der Waals surface area (Å²) in [5.41, 5.74) is 7.39. The third-order valence-electron chi connectivity index (χ3n) is 3.15. The molecule has 0 spiro atoms. The Morgan fingerprint density at radius 1 is 1.38 bits per heavy atom. The van der Waals surface area contributed by atoms with Crippen LogP contribution in [0.2, 0.25) is 0 Å². The molecule has 0 unspecified atom stereocenters. The largest absolute Gasteiger partial charge is 0.483 e. The zero-order valence-corrected chi connectivity index (χ0v) is 12.6. The molecule has 0 atom stereocenters. The summed E-state index contributed by atoms with van der Waals surface area (Å²) in [6.07, 6.45) is 3.73. The van der Waals surface area contributed by atoms with Crippen molar-refractivity contribution in [3.05, 3.63) is 23.2 Å². The minimum absolute atomic E-state index is 0.221. The van der Waals surface area contributed by atoms with Gasteiger partial charge < -0.3 is 20.3 Å². The van der Waals surface area contributed by atoms with Gasteiger partial charge in [0.15, 0.2) is 11.6 Å². The van der Waals surface area contributed by atoms with Crippen molar-refractivity contribution in [2.24, 2.45) is 0 Å². The Bertz CT molecular complexity index is 578. The number of nitrogens with zero attached hydrogens (tertiary/aromatic N) is 3. The highest BCUT2D eigenvalue weighted by Gasteiger charge is 2.12. The summed E-state index contributed by atoms with van der Waals surface area (Å²) < 4.78 is 10.9.